The third-order valence-electron chi connectivity index (χ3n) is 5.87. The van der Waals surface area contributed by atoms with Crippen LogP contribution in [0.1, 0.15) is 62.5 Å². The van der Waals surface area contributed by atoms with E-state index in [1.54, 1.807) is 0 Å². The van der Waals surface area contributed by atoms with Crippen molar-refractivity contribution in [2.45, 2.75) is 57.4 Å². The number of unbranched alkanes of at least 4 members (excludes halogenated alkanes) is 1. The van der Waals surface area contributed by atoms with Crippen LogP contribution in [0.5, 0.6) is 0 Å². The van der Waals surface area contributed by atoms with Crippen molar-refractivity contribution in [2.24, 2.45) is 0 Å². The summed E-state index contributed by atoms with van der Waals surface area (Å²) in [5, 5.41) is 14.3. The zero-order valence-electron chi connectivity index (χ0n) is 19.0. The molecule has 3 rings (SSSR count). The summed E-state index contributed by atoms with van der Waals surface area (Å²) in [6.45, 7) is 2.65. The minimum absolute atomic E-state index is 0.0122. The first-order valence-electron chi connectivity index (χ1n) is 11.6. The van der Waals surface area contributed by atoms with Crippen LogP contribution in [0.25, 0.3) is 11.1 Å². The van der Waals surface area contributed by atoms with Crippen LogP contribution >= 0.6 is 0 Å². The molecule has 7 nitrogen and oxygen atoms in total. The fourth-order valence-electron chi connectivity index (χ4n) is 4.31. The van der Waals surface area contributed by atoms with Crippen molar-refractivity contribution in [3.05, 3.63) is 59.7 Å². The van der Waals surface area contributed by atoms with Gasteiger partial charge in [0.25, 0.3) is 0 Å². The van der Waals surface area contributed by atoms with Crippen LogP contribution in [-0.4, -0.2) is 42.3 Å². The summed E-state index contributed by atoms with van der Waals surface area (Å²) in [5.41, 5.74) is 4.65. The summed E-state index contributed by atoms with van der Waals surface area (Å²) in [6.07, 6.45) is 2.35. The Hall–Kier alpha value is -3.35. The Morgan fingerprint density at radius 2 is 1.64 bits per heavy atom. The van der Waals surface area contributed by atoms with Gasteiger partial charge < -0.3 is 20.5 Å². The number of alkyl carbamates (subject to hydrolysis) is 1. The molecule has 1 aliphatic carbocycles. The number of fused-ring (bicyclic) bond motifs is 3. The van der Waals surface area contributed by atoms with Crippen molar-refractivity contribution >= 4 is 18.0 Å². The first-order chi connectivity index (χ1) is 16.0. The predicted molar refractivity (Wildman–Crippen MR) is 126 cm³/mol. The number of carboxylic acids is 1. The first-order valence-corrected chi connectivity index (χ1v) is 11.6. The van der Waals surface area contributed by atoms with Gasteiger partial charge in [-0.05, 0) is 41.5 Å². The van der Waals surface area contributed by atoms with E-state index in [1.165, 1.54) is 11.1 Å². The van der Waals surface area contributed by atoms with Crippen molar-refractivity contribution < 1.29 is 24.2 Å². The average molecular weight is 453 g/mol. The standard InChI is InChI=1S/C26H32N2O5/c1-2-9-18(16-24(29)27-15-8-7-14-25(30)31)28-26(32)33-17-23-21-12-5-3-10-19(21)20-11-4-6-13-22(20)23/h3-6,10-13,18,23H,2,7-9,14-17H2,1H3,(H,27,29)(H,28,32)(H,30,31). The second-order valence-corrected chi connectivity index (χ2v) is 8.36. The van der Waals surface area contributed by atoms with Crippen LogP contribution < -0.4 is 10.6 Å². The van der Waals surface area contributed by atoms with Crippen LogP contribution in [0.4, 0.5) is 4.79 Å². The fraction of sp³-hybridized carbons (Fsp3) is 0.423. The third kappa shape index (κ3) is 6.81. The van der Waals surface area contributed by atoms with Gasteiger partial charge in [0.05, 0.1) is 0 Å². The van der Waals surface area contributed by atoms with Crippen molar-refractivity contribution in [1.82, 2.24) is 10.6 Å². The molecule has 0 radical (unpaired) electrons. The predicted octanol–water partition coefficient (Wildman–Crippen LogP) is 4.46. The van der Waals surface area contributed by atoms with Crippen molar-refractivity contribution in [3.8, 4) is 11.1 Å². The number of carbonyl (C=O) groups is 3. The average Bonchev–Trinajstić information content (AvgIpc) is 3.11. The molecule has 2 aromatic carbocycles. The Bertz CT molecular complexity index is 929. The molecule has 3 N–H and O–H groups in total. The molecule has 7 heteroatoms. The van der Waals surface area contributed by atoms with Gasteiger partial charge >= 0.3 is 12.1 Å². The van der Waals surface area contributed by atoms with Crippen molar-refractivity contribution in [3.63, 3.8) is 0 Å². The van der Waals surface area contributed by atoms with Gasteiger partial charge in [-0.15, -0.1) is 0 Å². The number of rotatable bonds is 12. The molecule has 0 spiro atoms. The van der Waals surface area contributed by atoms with E-state index in [9.17, 15) is 14.4 Å². The molecular weight excluding hydrogens is 420 g/mol. The Balaban J connectivity index is 1.49. The maximum Gasteiger partial charge on any atom is 0.407 e. The van der Waals surface area contributed by atoms with Gasteiger partial charge in [-0.25, -0.2) is 4.79 Å². The van der Waals surface area contributed by atoms with E-state index >= 15 is 0 Å². The lowest BCUT2D eigenvalue weighted by atomic mass is 9.98. The molecule has 0 bridgehead atoms. The maximum atomic E-state index is 12.5. The second-order valence-electron chi connectivity index (χ2n) is 8.36. The smallest absolute Gasteiger partial charge is 0.407 e. The zero-order valence-corrected chi connectivity index (χ0v) is 19.0. The molecule has 0 fully saturated rings. The maximum absolute atomic E-state index is 12.5. The highest BCUT2D eigenvalue weighted by Crippen LogP contribution is 2.44. The topological polar surface area (TPSA) is 105 Å². The third-order valence-corrected chi connectivity index (χ3v) is 5.87. The lowest BCUT2D eigenvalue weighted by Gasteiger charge is -2.19. The van der Waals surface area contributed by atoms with E-state index in [2.05, 4.69) is 34.9 Å². The summed E-state index contributed by atoms with van der Waals surface area (Å²) in [6, 6.07) is 16.0. The van der Waals surface area contributed by atoms with Crippen molar-refractivity contribution in [1.29, 1.82) is 0 Å². The molecule has 2 amide bonds. The van der Waals surface area contributed by atoms with Gasteiger partial charge in [0, 0.05) is 31.3 Å². The minimum Gasteiger partial charge on any atom is -0.481 e. The Morgan fingerprint density at radius 1 is 1.00 bits per heavy atom. The monoisotopic (exact) mass is 452 g/mol. The molecule has 0 saturated heterocycles. The molecular formula is C26H32N2O5. The van der Waals surface area contributed by atoms with Crippen LogP contribution in [0, 0.1) is 0 Å². The number of nitrogens with one attached hydrogen (secondary N) is 2. The van der Waals surface area contributed by atoms with Gasteiger partial charge in [0.1, 0.15) is 6.61 Å². The van der Waals surface area contributed by atoms with Gasteiger partial charge in [-0.3, -0.25) is 9.59 Å². The summed E-state index contributed by atoms with van der Waals surface area (Å²) in [4.78, 5) is 35.3. The van der Waals surface area contributed by atoms with Gasteiger partial charge in [-0.1, -0.05) is 61.9 Å². The molecule has 0 saturated carbocycles. The molecule has 0 aromatic heterocycles. The SMILES string of the molecule is CCCC(CC(=O)NCCCCC(=O)O)NC(=O)OCC1c2ccccc2-c2ccccc21. The number of carbonyl (C=O) groups excluding carboxylic acids is 2. The molecule has 1 atom stereocenters. The lowest BCUT2D eigenvalue weighted by Crippen LogP contribution is -2.40. The minimum atomic E-state index is -0.836. The number of carboxylic acid groups (broad SMARTS) is 1. The summed E-state index contributed by atoms with van der Waals surface area (Å²) in [5.74, 6) is -1.01. The molecule has 0 aliphatic heterocycles. The lowest BCUT2D eigenvalue weighted by molar-refractivity contribution is -0.137. The summed E-state index contributed by atoms with van der Waals surface area (Å²) < 4.78 is 5.60. The van der Waals surface area contributed by atoms with E-state index in [-0.39, 0.29) is 37.3 Å². The highest BCUT2D eigenvalue weighted by molar-refractivity contribution is 5.79. The van der Waals surface area contributed by atoms with E-state index in [0.29, 0.717) is 25.8 Å². The van der Waals surface area contributed by atoms with E-state index in [1.807, 2.05) is 31.2 Å². The quantitative estimate of drug-likeness (QED) is 0.413. The van der Waals surface area contributed by atoms with E-state index in [4.69, 9.17) is 9.84 Å². The Morgan fingerprint density at radius 3 is 2.24 bits per heavy atom. The van der Waals surface area contributed by atoms with Crippen LogP contribution in [0.15, 0.2) is 48.5 Å². The van der Waals surface area contributed by atoms with Gasteiger partial charge in [-0.2, -0.15) is 0 Å². The molecule has 1 unspecified atom stereocenters. The largest absolute Gasteiger partial charge is 0.481 e. The highest BCUT2D eigenvalue weighted by Gasteiger charge is 2.29. The summed E-state index contributed by atoms with van der Waals surface area (Å²) >= 11 is 0. The normalized spacial score (nSPS) is 13.0. The number of ether oxygens (including phenoxy) is 1. The Labute approximate surface area is 194 Å². The van der Waals surface area contributed by atoms with Crippen LogP contribution in [-0.2, 0) is 14.3 Å². The number of aliphatic carboxylic acids is 1. The molecule has 1 aliphatic rings. The van der Waals surface area contributed by atoms with E-state index < -0.39 is 12.1 Å². The number of amides is 2. The molecule has 2 aromatic rings. The second kappa shape index (κ2) is 12.0. The number of hydrogen-bond acceptors (Lipinski definition) is 4. The Kier molecular flexibility index (Phi) is 8.87. The van der Waals surface area contributed by atoms with Crippen molar-refractivity contribution in [2.75, 3.05) is 13.2 Å². The van der Waals surface area contributed by atoms with Gasteiger partial charge in [0.15, 0.2) is 0 Å². The van der Waals surface area contributed by atoms with Crippen LogP contribution in [0.3, 0.4) is 0 Å². The van der Waals surface area contributed by atoms with Gasteiger partial charge in [0.2, 0.25) is 5.91 Å². The zero-order chi connectivity index (χ0) is 23.6. The fourth-order valence-corrected chi connectivity index (χ4v) is 4.31. The van der Waals surface area contributed by atoms with Crippen LogP contribution in [0.2, 0.25) is 0 Å². The number of hydrogen-bond donors (Lipinski definition) is 3. The highest BCUT2D eigenvalue weighted by atomic mass is 16.5. The molecule has 0 heterocycles. The number of benzene rings is 2. The van der Waals surface area contributed by atoms with E-state index in [0.717, 1.165) is 17.5 Å². The molecule has 176 valence electrons. The molecule has 33 heavy (non-hydrogen) atoms. The summed E-state index contributed by atoms with van der Waals surface area (Å²) in [7, 11) is 0. The first kappa shape index (κ1) is 24.3.